The van der Waals surface area contributed by atoms with Crippen molar-refractivity contribution < 1.29 is 15.0 Å². The second-order valence-electron chi connectivity index (χ2n) is 3.26. The van der Waals surface area contributed by atoms with E-state index >= 15 is 0 Å². The minimum atomic E-state index is -1.43. The van der Waals surface area contributed by atoms with Gasteiger partial charge in [-0.2, -0.15) is 0 Å². The number of aliphatic hydroxyl groups is 1. The van der Waals surface area contributed by atoms with Gasteiger partial charge in [0.25, 0.3) is 0 Å². The van der Waals surface area contributed by atoms with Gasteiger partial charge in [0.15, 0.2) is 5.60 Å². The molecule has 0 heterocycles. The number of carbonyl (C=O) groups is 1. The van der Waals surface area contributed by atoms with Crippen molar-refractivity contribution in [2.75, 3.05) is 0 Å². The van der Waals surface area contributed by atoms with Gasteiger partial charge in [-0.15, -0.1) is 0 Å². The summed E-state index contributed by atoms with van der Waals surface area (Å²) in [7, 11) is 0. The van der Waals surface area contributed by atoms with Crippen molar-refractivity contribution in [1.29, 1.82) is 0 Å². The van der Waals surface area contributed by atoms with E-state index in [1.807, 2.05) is 6.92 Å². The van der Waals surface area contributed by atoms with Gasteiger partial charge in [0.2, 0.25) is 0 Å². The van der Waals surface area contributed by atoms with Crippen molar-refractivity contribution >= 4 is 5.97 Å². The highest BCUT2D eigenvalue weighted by molar-refractivity contribution is 5.82. The topological polar surface area (TPSA) is 57.5 Å². The number of rotatable bonds is 2. The fraction of sp³-hybridized carbons (Fsp3) is 0.857. The Kier molecular flexibility index (Phi) is 1.30. The van der Waals surface area contributed by atoms with Gasteiger partial charge in [0, 0.05) is 5.41 Å². The van der Waals surface area contributed by atoms with E-state index in [0.717, 1.165) is 6.42 Å². The lowest BCUT2D eigenvalue weighted by Gasteiger charge is -2.09. The van der Waals surface area contributed by atoms with E-state index in [9.17, 15) is 9.90 Å². The predicted molar refractivity (Wildman–Crippen MR) is 35.6 cm³/mol. The zero-order chi connectivity index (χ0) is 7.99. The normalized spacial score (nSPS) is 45.1. The number of carboxylic acid groups (broad SMARTS) is 1. The van der Waals surface area contributed by atoms with E-state index < -0.39 is 11.6 Å². The Balaban J connectivity index is 2.72. The molecule has 58 valence electrons. The molecular weight excluding hydrogens is 132 g/mol. The van der Waals surface area contributed by atoms with Crippen molar-refractivity contribution in [3.63, 3.8) is 0 Å². The molecule has 0 amide bonds. The van der Waals surface area contributed by atoms with Crippen molar-refractivity contribution in [2.24, 2.45) is 5.41 Å². The van der Waals surface area contributed by atoms with Gasteiger partial charge < -0.3 is 10.2 Å². The lowest BCUT2D eigenvalue weighted by molar-refractivity contribution is -0.151. The second-order valence-corrected chi connectivity index (χ2v) is 3.26. The van der Waals surface area contributed by atoms with Crippen LogP contribution in [0.5, 0.6) is 0 Å². The molecule has 1 aliphatic carbocycles. The van der Waals surface area contributed by atoms with E-state index in [4.69, 9.17) is 5.11 Å². The van der Waals surface area contributed by atoms with Crippen molar-refractivity contribution in [1.82, 2.24) is 0 Å². The summed E-state index contributed by atoms with van der Waals surface area (Å²) in [6.45, 7) is 3.68. The smallest absolute Gasteiger partial charge is 0.336 e. The zero-order valence-corrected chi connectivity index (χ0v) is 6.22. The predicted octanol–water partition coefficient (Wildman–Crippen LogP) is 0.622. The van der Waals surface area contributed by atoms with E-state index in [2.05, 4.69) is 0 Å². The van der Waals surface area contributed by atoms with Gasteiger partial charge in [0.1, 0.15) is 0 Å². The molecule has 2 unspecified atom stereocenters. The van der Waals surface area contributed by atoms with Gasteiger partial charge in [0.05, 0.1) is 0 Å². The molecule has 2 atom stereocenters. The highest BCUT2D eigenvalue weighted by Gasteiger charge is 2.68. The van der Waals surface area contributed by atoms with Gasteiger partial charge in [-0.1, -0.05) is 13.8 Å². The lowest BCUT2D eigenvalue weighted by Crippen LogP contribution is -2.28. The molecule has 3 heteroatoms. The summed E-state index contributed by atoms with van der Waals surface area (Å²) in [6, 6.07) is 0. The van der Waals surface area contributed by atoms with Crippen molar-refractivity contribution in [2.45, 2.75) is 32.3 Å². The molecule has 1 rings (SSSR count). The second kappa shape index (κ2) is 1.72. The Morgan fingerprint density at radius 1 is 1.70 bits per heavy atom. The first-order valence-electron chi connectivity index (χ1n) is 3.42. The third-order valence-corrected chi connectivity index (χ3v) is 2.65. The van der Waals surface area contributed by atoms with Crippen LogP contribution in [-0.4, -0.2) is 21.8 Å². The quantitative estimate of drug-likeness (QED) is 0.597. The van der Waals surface area contributed by atoms with E-state index in [0.29, 0.717) is 6.42 Å². The number of aliphatic carboxylic acids is 1. The van der Waals surface area contributed by atoms with Crippen LogP contribution >= 0.6 is 0 Å². The fourth-order valence-corrected chi connectivity index (χ4v) is 1.27. The summed E-state index contributed by atoms with van der Waals surface area (Å²) in [6.07, 6.45) is 1.11. The molecule has 0 spiro atoms. The van der Waals surface area contributed by atoms with Crippen LogP contribution in [0.3, 0.4) is 0 Å². The summed E-state index contributed by atoms with van der Waals surface area (Å²) in [5.74, 6) is -1.09. The maximum Gasteiger partial charge on any atom is 0.336 e. The summed E-state index contributed by atoms with van der Waals surface area (Å²) in [4.78, 5) is 10.4. The van der Waals surface area contributed by atoms with Gasteiger partial charge in [-0.3, -0.25) is 0 Å². The molecular formula is C7H12O3. The number of hydrogen-bond donors (Lipinski definition) is 2. The van der Waals surface area contributed by atoms with Crippen molar-refractivity contribution in [3.05, 3.63) is 0 Å². The Morgan fingerprint density at radius 3 is 2.30 bits per heavy atom. The third-order valence-electron chi connectivity index (χ3n) is 2.65. The molecule has 0 aromatic heterocycles. The van der Waals surface area contributed by atoms with Gasteiger partial charge in [-0.05, 0) is 12.8 Å². The van der Waals surface area contributed by atoms with Crippen LogP contribution in [0.2, 0.25) is 0 Å². The average molecular weight is 144 g/mol. The molecule has 0 bridgehead atoms. The Morgan fingerprint density at radius 2 is 2.20 bits per heavy atom. The molecule has 10 heavy (non-hydrogen) atoms. The van der Waals surface area contributed by atoms with Crippen LogP contribution in [-0.2, 0) is 4.79 Å². The highest BCUT2D eigenvalue weighted by Crippen LogP contribution is 2.58. The highest BCUT2D eigenvalue weighted by atomic mass is 16.4. The molecule has 0 aromatic rings. The molecule has 2 N–H and O–H groups in total. The third kappa shape index (κ3) is 0.669. The SMILES string of the molecule is CCC1(C)CC1(O)C(=O)O. The molecule has 1 fully saturated rings. The number of hydrogen-bond acceptors (Lipinski definition) is 2. The summed E-state index contributed by atoms with van der Waals surface area (Å²) < 4.78 is 0. The van der Waals surface area contributed by atoms with Crippen LogP contribution in [0.25, 0.3) is 0 Å². The Labute approximate surface area is 59.7 Å². The summed E-state index contributed by atoms with van der Waals surface area (Å²) >= 11 is 0. The first kappa shape index (κ1) is 7.54. The average Bonchev–Trinajstić information content (AvgIpc) is 2.39. The van der Waals surface area contributed by atoms with E-state index in [1.54, 1.807) is 6.92 Å². The molecule has 3 nitrogen and oxygen atoms in total. The van der Waals surface area contributed by atoms with Crippen LogP contribution in [0, 0.1) is 5.41 Å². The molecule has 0 saturated heterocycles. The van der Waals surface area contributed by atoms with Crippen LogP contribution in [0.1, 0.15) is 26.7 Å². The van der Waals surface area contributed by atoms with Gasteiger partial charge >= 0.3 is 5.97 Å². The molecule has 0 aliphatic heterocycles. The first-order valence-corrected chi connectivity index (χ1v) is 3.42. The zero-order valence-electron chi connectivity index (χ0n) is 6.22. The Hall–Kier alpha value is -0.570. The van der Waals surface area contributed by atoms with Crippen molar-refractivity contribution in [3.8, 4) is 0 Å². The lowest BCUT2D eigenvalue weighted by atomic mass is 10.0. The summed E-state index contributed by atoms with van der Waals surface area (Å²) in [5, 5.41) is 17.9. The number of carboxylic acids is 1. The molecule has 0 radical (unpaired) electrons. The molecule has 1 aliphatic rings. The fourth-order valence-electron chi connectivity index (χ4n) is 1.27. The first-order chi connectivity index (χ1) is 4.46. The maximum absolute atomic E-state index is 10.4. The van der Waals surface area contributed by atoms with Gasteiger partial charge in [-0.25, -0.2) is 4.79 Å². The minimum absolute atomic E-state index is 0.376. The summed E-state index contributed by atoms with van der Waals surface area (Å²) in [5.41, 5.74) is -1.80. The van der Waals surface area contributed by atoms with Crippen LogP contribution in [0.4, 0.5) is 0 Å². The monoisotopic (exact) mass is 144 g/mol. The van der Waals surface area contributed by atoms with E-state index in [-0.39, 0.29) is 5.41 Å². The standard InChI is InChI=1S/C7H12O3/c1-3-6(2)4-7(6,10)5(8)9/h10H,3-4H2,1-2H3,(H,8,9). The van der Waals surface area contributed by atoms with Crippen LogP contribution < -0.4 is 0 Å². The largest absolute Gasteiger partial charge is 0.479 e. The molecule has 1 saturated carbocycles. The van der Waals surface area contributed by atoms with Crippen LogP contribution in [0.15, 0.2) is 0 Å². The minimum Gasteiger partial charge on any atom is -0.479 e. The maximum atomic E-state index is 10.4. The van der Waals surface area contributed by atoms with E-state index in [1.165, 1.54) is 0 Å². The molecule has 0 aromatic carbocycles. The Bertz CT molecular complexity index is 178.